The smallest absolute Gasteiger partial charge is 0.0117 e. The summed E-state index contributed by atoms with van der Waals surface area (Å²) in [6.07, 6.45) is 8.82. The number of hydrogen-bond donors (Lipinski definition) is 1. The third-order valence-corrected chi connectivity index (χ3v) is 6.02. The molecule has 2 aliphatic carbocycles. The number of nitrogens with one attached hydrogen (secondary N) is 1. The van der Waals surface area contributed by atoms with E-state index >= 15 is 0 Å². The van der Waals surface area contributed by atoms with Crippen LogP contribution in [0.4, 0.5) is 0 Å². The normalized spacial score (nSPS) is 42.9. The fourth-order valence-electron chi connectivity index (χ4n) is 4.96. The standard InChI is InChI=1S/C17H32N2/c1-3-7-18-17-6-8-19(11-13(17)2)12-16-10-14-4-5-15(16)9-14/h13-18H,3-12H2,1-2H3. The summed E-state index contributed by atoms with van der Waals surface area (Å²) in [5, 5.41) is 3.74. The highest BCUT2D eigenvalue weighted by molar-refractivity contribution is 4.92. The summed E-state index contributed by atoms with van der Waals surface area (Å²) in [7, 11) is 0. The first kappa shape index (κ1) is 13.9. The van der Waals surface area contributed by atoms with Crippen LogP contribution in [0.2, 0.25) is 0 Å². The lowest BCUT2D eigenvalue weighted by Crippen LogP contribution is -2.49. The zero-order chi connectivity index (χ0) is 13.2. The molecule has 0 aromatic carbocycles. The van der Waals surface area contributed by atoms with Crippen molar-refractivity contribution in [2.75, 3.05) is 26.2 Å². The van der Waals surface area contributed by atoms with Gasteiger partial charge in [-0.05, 0) is 68.9 Å². The minimum atomic E-state index is 0.774. The first-order valence-electron chi connectivity index (χ1n) is 8.72. The van der Waals surface area contributed by atoms with Crippen molar-refractivity contribution in [1.29, 1.82) is 0 Å². The lowest BCUT2D eigenvalue weighted by molar-refractivity contribution is 0.114. The number of likely N-dealkylation sites (tertiary alicyclic amines) is 1. The second-order valence-corrected chi connectivity index (χ2v) is 7.52. The molecule has 1 heterocycles. The summed E-state index contributed by atoms with van der Waals surface area (Å²) in [4.78, 5) is 2.78. The Balaban J connectivity index is 1.44. The van der Waals surface area contributed by atoms with E-state index in [-0.39, 0.29) is 0 Å². The molecule has 0 aromatic heterocycles. The second-order valence-electron chi connectivity index (χ2n) is 7.52. The molecule has 3 aliphatic rings. The number of piperidine rings is 1. The Hall–Kier alpha value is -0.0800. The van der Waals surface area contributed by atoms with Crippen LogP contribution in [0.15, 0.2) is 0 Å². The largest absolute Gasteiger partial charge is 0.314 e. The van der Waals surface area contributed by atoms with Crippen LogP contribution in [-0.2, 0) is 0 Å². The molecule has 1 N–H and O–H groups in total. The minimum Gasteiger partial charge on any atom is -0.314 e. The van der Waals surface area contributed by atoms with E-state index < -0.39 is 0 Å². The lowest BCUT2D eigenvalue weighted by atomic mass is 9.87. The average molecular weight is 264 g/mol. The molecule has 2 bridgehead atoms. The molecule has 0 amide bonds. The van der Waals surface area contributed by atoms with E-state index in [9.17, 15) is 0 Å². The Labute approximate surface area is 119 Å². The van der Waals surface area contributed by atoms with Crippen molar-refractivity contribution in [2.45, 2.75) is 58.4 Å². The van der Waals surface area contributed by atoms with Gasteiger partial charge in [0.2, 0.25) is 0 Å². The van der Waals surface area contributed by atoms with Crippen molar-refractivity contribution in [2.24, 2.45) is 23.7 Å². The third-order valence-electron chi connectivity index (χ3n) is 6.02. The van der Waals surface area contributed by atoms with Gasteiger partial charge < -0.3 is 10.2 Å². The summed E-state index contributed by atoms with van der Waals surface area (Å²) in [6.45, 7) is 9.98. The van der Waals surface area contributed by atoms with Crippen molar-refractivity contribution < 1.29 is 0 Å². The highest BCUT2D eigenvalue weighted by atomic mass is 15.2. The molecule has 19 heavy (non-hydrogen) atoms. The van der Waals surface area contributed by atoms with Crippen molar-refractivity contribution in [3.05, 3.63) is 0 Å². The van der Waals surface area contributed by atoms with Crippen LogP contribution in [0.1, 0.15) is 52.4 Å². The maximum Gasteiger partial charge on any atom is 0.0117 e. The zero-order valence-electron chi connectivity index (χ0n) is 12.9. The van der Waals surface area contributed by atoms with Gasteiger partial charge in [0.1, 0.15) is 0 Å². The quantitative estimate of drug-likeness (QED) is 0.821. The van der Waals surface area contributed by atoms with E-state index in [1.54, 1.807) is 25.7 Å². The lowest BCUT2D eigenvalue weighted by Gasteiger charge is -2.39. The number of fused-ring (bicyclic) bond motifs is 2. The highest BCUT2D eigenvalue weighted by Crippen LogP contribution is 2.48. The monoisotopic (exact) mass is 264 g/mol. The van der Waals surface area contributed by atoms with Crippen LogP contribution >= 0.6 is 0 Å². The summed E-state index contributed by atoms with van der Waals surface area (Å²) < 4.78 is 0. The fourth-order valence-corrected chi connectivity index (χ4v) is 4.96. The maximum absolute atomic E-state index is 3.74. The highest BCUT2D eigenvalue weighted by Gasteiger charge is 2.40. The predicted molar refractivity (Wildman–Crippen MR) is 81.2 cm³/mol. The summed E-state index contributed by atoms with van der Waals surface area (Å²) in [5.41, 5.74) is 0. The van der Waals surface area contributed by atoms with E-state index in [2.05, 4.69) is 24.1 Å². The van der Waals surface area contributed by atoms with Crippen LogP contribution in [0.5, 0.6) is 0 Å². The van der Waals surface area contributed by atoms with Gasteiger partial charge in [0, 0.05) is 19.1 Å². The molecule has 1 aliphatic heterocycles. The predicted octanol–water partition coefficient (Wildman–Crippen LogP) is 3.13. The Kier molecular flexibility index (Phi) is 4.48. The van der Waals surface area contributed by atoms with Gasteiger partial charge in [-0.3, -0.25) is 0 Å². The molecule has 2 saturated carbocycles. The Morgan fingerprint density at radius 3 is 2.68 bits per heavy atom. The molecule has 5 atom stereocenters. The Bertz CT molecular complexity index is 291. The van der Waals surface area contributed by atoms with Crippen LogP contribution in [0.25, 0.3) is 0 Å². The number of rotatable bonds is 5. The van der Waals surface area contributed by atoms with E-state index in [4.69, 9.17) is 0 Å². The maximum atomic E-state index is 3.74. The van der Waals surface area contributed by atoms with Gasteiger partial charge in [-0.15, -0.1) is 0 Å². The Morgan fingerprint density at radius 2 is 2.05 bits per heavy atom. The van der Waals surface area contributed by atoms with Crippen LogP contribution in [-0.4, -0.2) is 37.1 Å². The molecular formula is C17H32N2. The topological polar surface area (TPSA) is 15.3 Å². The molecule has 2 nitrogen and oxygen atoms in total. The van der Waals surface area contributed by atoms with Gasteiger partial charge in [-0.2, -0.15) is 0 Å². The summed E-state index contributed by atoms with van der Waals surface area (Å²) >= 11 is 0. The van der Waals surface area contributed by atoms with Gasteiger partial charge in [0.25, 0.3) is 0 Å². The van der Waals surface area contributed by atoms with Crippen molar-refractivity contribution in [3.63, 3.8) is 0 Å². The molecule has 3 rings (SSSR count). The molecule has 2 heteroatoms. The summed E-state index contributed by atoms with van der Waals surface area (Å²) in [6, 6.07) is 0.774. The van der Waals surface area contributed by atoms with E-state index in [1.165, 1.54) is 39.0 Å². The van der Waals surface area contributed by atoms with Crippen molar-refractivity contribution in [3.8, 4) is 0 Å². The molecule has 3 fully saturated rings. The molecule has 0 spiro atoms. The van der Waals surface area contributed by atoms with E-state index in [0.29, 0.717) is 0 Å². The first-order valence-corrected chi connectivity index (χ1v) is 8.72. The molecule has 110 valence electrons. The van der Waals surface area contributed by atoms with Crippen molar-refractivity contribution >= 4 is 0 Å². The average Bonchev–Trinajstić information content (AvgIpc) is 3.00. The molecule has 0 radical (unpaired) electrons. The van der Waals surface area contributed by atoms with Crippen molar-refractivity contribution in [1.82, 2.24) is 10.2 Å². The van der Waals surface area contributed by atoms with Crippen LogP contribution in [0.3, 0.4) is 0 Å². The number of nitrogens with zero attached hydrogens (tertiary/aromatic N) is 1. The molecule has 5 unspecified atom stereocenters. The van der Waals surface area contributed by atoms with Gasteiger partial charge in [0.15, 0.2) is 0 Å². The minimum absolute atomic E-state index is 0.774. The third kappa shape index (κ3) is 3.16. The van der Waals surface area contributed by atoms with Gasteiger partial charge in [-0.25, -0.2) is 0 Å². The molecular weight excluding hydrogens is 232 g/mol. The Morgan fingerprint density at radius 1 is 1.16 bits per heavy atom. The van der Waals surface area contributed by atoms with E-state index in [1.807, 2.05) is 0 Å². The van der Waals surface area contributed by atoms with Gasteiger partial charge in [-0.1, -0.05) is 20.3 Å². The van der Waals surface area contributed by atoms with Gasteiger partial charge >= 0.3 is 0 Å². The van der Waals surface area contributed by atoms with Gasteiger partial charge in [0.05, 0.1) is 0 Å². The number of hydrogen-bond acceptors (Lipinski definition) is 2. The zero-order valence-corrected chi connectivity index (χ0v) is 12.9. The SMILES string of the molecule is CCCNC1CCN(CC2CC3CCC2C3)CC1C. The molecule has 1 saturated heterocycles. The first-order chi connectivity index (χ1) is 9.26. The fraction of sp³-hybridized carbons (Fsp3) is 1.00. The molecule has 0 aromatic rings. The summed E-state index contributed by atoms with van der Waals surface area (Å²) in [5.74, 6) is 4.08. The van der Waals surface area contributed by atoms with E-state index in [0.717, 1.165) is 29.7 Å². The van der Waals surface area contributed by atoms with Crippen LogP contribution in [0, 0.1) is 23.7 Å². The van der Waals surface area contributed by atoms with Crippen LogP contribution < -0.4 is 5.32 Å². The second kappa shape index (κ2) is 6.13.